The zero-order valence-corrected chi connectivity index (χ0v) is 14.7. The lowest BCUT2D eigenvalue weighted by Gasteiger charge is -2.09. The van der Waals surface area contributed by atoms with Crippen LogP contribution in [0.1, 0.15) is 17.7 Å². The van der Waals surface area contributed by atoms with Crippen LogP contribution in [-0.4, -0.2) is 32.8 Å². The fraction of sp³-hybridized carbons (Fsp3) is 0.267. The van der Waals surface area contributed by atoms with E-state index in [1.165, 1.54) is 0 Å². The van der Waals surface area contributed by atoms with Gasteiger partial charge in [0.15, 0.2) is 5.16 Å². The number of H-pyrrole nitrogens is 1. The molecule has 2 N–H and O–H groups in total. The number of aromatic amines is 1. The third-order valence-corrected chi connectivity index (χ3v) is 4.46. The predicted octanol–water partition coefficient (Wildman–Crippen LogP) is 0.540. The van der Waals surface area contributed by atoms with Gasteiger partial charge in [0.1, 0.15) is 5.69 Å². The van der Waals surface area contributed by atoms with Crippen LogP contribution in [0.4, 0.5) is 5.69 Å². The molecule has 1 amide bonds. The number of carboxylic acids is 1. The number of aliphatic carboxylic acids is 1. The number of hydrogen-bond acceptors (Lipinski definition) is 7. The maximum absolute atomic E-state index is 12.0. The second-order valence-electron chi connectivity index (χ2n) is 5.03. The van der Waals surface area contributed by atoms with Gasteiger partial charge in [-0.2, -0.15) is 0 Å². The van der Waals surface area contributed by atoms with Crippen molar-refractivity contribution in [2.45, 2.75) is 24.9 Å². The number of aromatic nitrogens is 3. The third-order valence-electron chi connectivity index (χ3n) is 3.19. The van der Waals surface area contributed by atoms with Crippen LogP contribution >= 0.6 is 23.4 Å². The first-order chi connectivity index (χ1) is 11.9. The molecule has 0 atom stereocenters. The molecule has 2 aromatic rings. The van der Waals surface area contributed by atoms with Crippen molar-refractivity contribution in [1.29, 1.82) is 0 Å². The lowest BCUT2D eigenvalue weighted by molar-refractivity contribution is -0.305. The lowest BCUT2D eigenvalue weighted by atomic mass is 10.2. The Morgan fingerprint density at radius 1 is 1.36 bits per heavy atom. The lowest BCUT2D eigenvalue weighted by Crippen LogP contribution is -2.25. The number of aryl methyl sites for hydroxylation is 1. The number of halogens is 1. The zero-order chi connectivity index (χ0) is 18.4. The topological polar surface area (TPSA) is 128 Å². The molecule has 1 aromatic heterocycles. The molecular weight excluding hydrogens is 368 g/mol. The summed E-state index contributed by atoms with van der Waals surface area (Å²) in [6.45, 7) is 1.79. The van der Waals surface area contributed by atoms with Crippen LogP contribution in [0.2, 0.25) is 5.02 Å². The Labute approximate surface area is 152 Å². The fourth-order valence-corrected chi connectivity index (χ4v) is 2.64. The second kappa shape index (κ2) is 8.63. The minimum absolute atomic E-state index is 0.00699. The number of carbonyl (C=O) groups is 2. The number of anilines is 1. The molecule has 0 aliphatic heterocycles. The molecule has 10 heteroatoms. The molecule has 0 saturated heterocycles. The molecule has 0 aliphatic rings. The van der Waals surface area contributed by atoms with Crippen LogP contribution < -0.4 is 16.0 Å². The summed E-state index contributed by atoms with van der Waals surface area (Å²) in [4.78, 5) is 36.6. The van der Waals surface area contributed by atoms with Crippen LogP contribution in [0.5, 0.6) is 0 Å². The molecule has 0 fully saturated rings. The van der Waals surface area contributed by atoms with Gasteiger partial charge in [0, 0.05) is 23.1 Å². The van der Waals surface area contributed by atoms with Crippen LogP contribution in [0, 0.1) is 6.92 Å². The quantitative estimate of drug-likeness (QED) is 0.670. The van der Waals surface area contributed by atoms with Crippen molar-refractivity contribution in [2.24, 2.45) is 0 Å². The Morgan fingerprint density at radius 2 is 2.12 bits per heavy atom. The van der Waals surface area contributed by atoms with Gasteiger partial charge in [-0.1, -0.05) is 29.4 Å². The van der Waals surface area contributed by atoms with Crippen molar-refractivity contribution in [2.75, 3.05) is 11.1 Å². The van der Waals surface area contributed by atoms with Gasteiger partial charge in [-0.15, -0.1) is 10.2 Å². The highest BCUT2D eigenvalue weighted by molar-refractivity contribution is 7.99. The van der Waals surface area contributed by atoms with Crippen LogP contribution in [0.3, 0.4) is 0 Å². The fourth-order valence-electron chi connectivity index (χ4n) is 1.86. The van der Waals surface area contributed by atoms with Crippen LogP contribution in [-0.2, 0) is 16.0 Å². The van der Waals surface area contributed by atoms with E-state index in [2.05, 4.69) is 20.5 Å². The summed E-state index contributed by atoms with van der Waals surface area (Å²) in [5, 5.41) is 21.3. The monoisotopic (exact) mass is 381 g/mol. The number of carboxylic acid groups (broad SMARTS) is 1. The van der Waals surface area contributed by atoms with Gasteiger partial charge in [-0.25, -0.2) is 0 Å². The summed E-state index contributed by atoms with van der Waals surface area (Å²) < 4.78 is 0. The molecule has 0 aliphatic carbocycles. The predicted molar refractivity (Wildman–Crippen MR) is 91.5 cm³/mol. The van der Waals surface area contributed by atoms with Crippen LogP contribution in [0.25, 0.3) is 0 Å². The van der Waals surface area contributed by atoms with Crippen molar-refractivity contribution < 1.29 is 14.7 Å². The highest BCUT2D eigenvalue weighted by atomic mass is 35.5. The van der Waals surface area contributed by atoms with E-state index in [0.29, 0.717) is 10.7 Å². The molecule has 0 saturated carbocycles. The van der Waals surface area contributed by atoms with Crippen molar-refractivity contribution in [3.63, 3.8) is 0 Å². The highest BCUT2D eigenvalue weighted by Crippen LogP contribution is 2.23. The molecule has 1 aromatic carbocycles. The standard InChI is InChI=1S/C15H15ClN4O4S/c1-8-9(16)3-2-4-10(8)17-12(21)7-25-15-18-14(24)11(19-20-15)5-6-13(22)23/h2-4H,5-7H2,1H3,(H,17,21)(H,22,23)(H,18,20,24)/p-1. The molecule has 132 valence electrons. The van der Waals surface area contributed by atoms with Gasteiger partial charge in [0.05, 0.1) is 5.75 Å². The molecule has 1 heterocycles. The van der Waals surface area contributed by atoms with Crippen molar-refractivity contribution in [1.82, 2.24) is 15.2 Å². The molecular formula is C15H14ClN4O4S-. The maximum atomic E-state index is 12.0. The number of carbonyl (C=O) groups excluding carboxylic acids is 2. The van der Waals surface area contributed by atoms with Gasteiger partial charge < -0.3 is 15.2 Å². The SMILES string of the molecule is Cc1c(Cl)cccc1NC(=O)CSc1nnc(CCC(=O)[O-])c(=O)[nH]1. The van der Waals surface area contributed by atoms with Gasteiger partial charge in [0.2, 0.25) is 5.91 Å². The van der Waals surface area contributed by atoms with Gasteiger partial charge in [0.25, 0.3) is 5.56 Å². The average Bonchev–Trinajstić information content (AvgIpc) is 2.56. The Morgan fingerprint density at radius 3 is 2.80 bits per heavy atom. The summed E-state index contributed by atoms with van der Waals surface area (Å²) in [5.74, 6) is -1.55. The summed E-state index contributed by atoms with van der Waals surface area (Å²) in [7, 11) is 0. The number of rotatable bonds is 7. The van der Waals surface area contributed by atoms with E-state index < -0.39 is 11.5 Å². The first-order valence-corrected chi connectivity index (χ1v) is 8.56. The summed E-state index contributed by atoms with van der Waals surface area (Å²) in [6.07, 6.45) is -0.379. The van der Waals surface area contributed by atoms with E-state index in [4.69, 9.17) is 11.6 Å². The number of nitrogens with zero attached hydrogens (tertiary/aromatic N) is 2. The van der Waals surface area contributed by atoms with E-state index >= 15 is 0 Å². The first kappa shape index (κ1) is 18.9. The number of nitrogens with one attached hydrogen (secondary N) is 2. The minimum atomic E-state index is -1.27. The number of hydrogen-bond donors (Lipinski definition) is 2. The maximum Gasteiger partial charge on any atom is 0.273 e. The van der Waals surface area contributed by atoms with E-state index in [1.54, 1.807) is 25.1 Å². The van der Waals surface area contributed by atoms with E-state index in [1.807, 2.05) is 0 Å². The number of thioether (sulfide) groups is 1. The van der Waals surface area contributed by atoms with E-state index in [-0.39, 0.29) is 35.4 Å². The average molecular weight is 382 g/mol. The Kier molecular flexibility index (Phi) is 6.54. The zero-order valence-electron chi connectivity index (χ0n) is 13.2. The van der Waals surface area contributed by atoms with Crippen LogP contribution in [0.15, 0.2) is 28.2 Å². The summed E-state index contributed by atoms with van der Waals surface area (Å²) in [6, 6.07) is 5.19. The normalized spacial score (nSPS) is 10.5. The highest BCUT2D eigenvalue weighted by Gasteiger charge is 2.10. The number of amides is 1. The minimum Gasteiger partial charge on any atom is -0.550 e. The smallest absolute Gasteiger partial charge is 0.273 e. The molecule has 0 radical (unpaired) electrons. The van der Waals surface area contributed by atoms with Gasteiger partial charge in [-0.3, -0.25) is 14.6 Å². The molecule has 0 bridgehead atoms. The third kappa shape index (κ3) is 5.57. The Hall–Kier alpha value is -2.39. The molecule has 0 unspecified atom stereocenters. The Balaban J connectivity index is 1.93. The molecule has 25 heavy (non-hydrogen) atoms. The second-order valence-corrected chi connectivity index (χ2v) is 6.40. The molecule has 8 nitrogen and oxygen atoms in total. The molecule has 0 spiro atoms. The van der Waals surface area contributed by atoms with Crippen molar-refractivity contribution in [3.05, 3.63) is 44.8 Å². The summed E-state index contributed by atoms with van der Waals surface area (Å²) >= 11 is 6.99. The first-order valence-electron chi connectivity index (χ1n) is 7.20. The molecule has 2 rings (SSSR count). The van der Waals surface area contributed by atoms with Crippen molar-refractivity contribution >= 4 is 40.9 Å². The van der Waals surface area contributed by atoms with E-state index in [9.17, 15) is 19.5 Å². The Bertz CT molecular complexity index is 856. The summed E-state index contributed by atoms with van der Waals surface area (Å²) in [5.41, 5.74) is 0.834. The van der Waals surface area contributed by atoms with Gasteiger partial charge >= 0.3 is 0 Å². The van der Waals surface area contributed by atoms with Crippen molar-refractivity contribution in [3.8, 4) is 0 Å². The van der Waals surface area contributed by atoms with E-state index in [0.717, 1.165) is 17.3 Å². The number of benzene rings is 1. The largest absolute Gasteiger partial charge is 0.550 e. The van der Waals surface area contributed by atoms with Gasteiger partial charge in [-0.05, 0) is 31.0 Å².